The molecule has 0 aromatic heterocycles. The van der Waals surface area contributed by atoms with E-state index in [-0.39, 0.29) is 5.91 Å². The van der Waals surface area contributed by atoms with E-state index in [9.17, 15) is 4.79 Å². The summed E-state index contributed by atoms with van der Waals surface area (Å²) in [6.07, 6.45) is 0. The van der Waals surface area contributed by atoms with Crippen molar-refractivity contribution in [3.05, 3.63) is 23.8 Å². The third-order valence-electron chi connectivity index (χ3n) is 1.96. The summed E-state index contributed by atoms with van der Waals surface area (Å²) in [5, 5.41) is 0.986. The molecule has 0 unspecified atom stereocenters. The second kappa shape index (κ2) is 4.65. The lowest BCUT2D eigenvalue weighted by atomic mass is 10.1. The van der Waals surface area contributed by atoms with Crippen LogP contribution in [0.2, 0.25) is 0 Å². The van der Waals surface area contributed by atoms with Gasteiger partial charge in [0.1, 0.15) is 17.1 Å². The Labute approximate surface area is 88.3 Å². The summed E-state index contributed by atoms with van der Waals surface area (Å²) >= 11 is 0. The van der Waals surface area contributed by atoms with Gasteiger partial charge in [-0.3, -0.25) is 9.80 Å². The Morgan fingerprint density at radius 1 is 1.27 bits per heavy atom. The number of rotatable bonds is 3. The molecule has 0 aliphatic heterocycles. The fourth-order valence-electron chi connectivity index (χ4n) is 1.24. The van der Waals surface area contributed by atoms with Gasteiger partial charge in [0, 0.05) is 7.05 Å². The third-order valence-corrected chi connectivity index (χ3v) is 1.96. The van der Waals surface area contributed by atoms with Crippen molar-refractivity contribution in [2.75, 3.05) is 21.3 Å². The molecule has 5 nitrogen and oxygen atoms in total. The van der Waals surface area contributed by atoms with Crippen LogP contribution in [0.25, 0.3) is 0 Å². The number of nitrogens with two attached hydrogens (primary N) is 1. The molecule has 1 aromatic carbocycles. The summed E-state index contributed by atoms with van der Waals surface area (Å²) in [4.78, 5) is 11.7. The van der Waals surface area contributed by atoms with Gasteiger partial charge in [0.15, 0.2) is 0 Å². The number of carbonyl (C=O) groups is 1. The molecule has 15 heavy (non-hydrogen) atoms. The maximum Gasteiger partial charge on any atom is 0.275 e. The van der Waals surface area contributed by atoms with Crippen molar-refractivity contribution >= 4 is 5.91 Å². The molecule has 1 rings (SSSR count). The molecule has 0 fully saturated rings. The number of hydrazine groups is 1. The number of amides is 1. The van der Waals surface area contributed by atoms with Gasteiger partial charge >= 0.3 is 0 Å². The van der Waals surface area contributed by atoms with E-state index in [1.54, 1.807) is 18.2 Å². The van der Waals surface area contributed by atoms with E-state index in [0.717, 1.165) is 5.01 Å². The van der Waals surface area contributed by atoms with Gasteiger partial charge < -0.3 is 9.47 Å². The highest BCUT2D eigenvalue weighted by Gasteiger charge is 2.19. The summed E-state index contributed by atoms with van der Waals surface area (Å²) in [6.45, 7) is 0. The second-order valence-electron chi connectivity index (χ2n) is 2.95. The fourth-order valence-corrected chi connectivity index (χ4v) is 1.24. The van der Waals surface area contributed by atoms with Gasteiger partial charge in [-0.25, -0.2) is 5.84 Å². The van der Waals surface area contributed by atoms with Crippen molar-refractivity contribution in [2.45, 2.75) is 0 Å². The molecule has 0 saturated heterocycles. The molecule has 0 bridgehead atoms. The lowest BCUT2D eigenvalue weighted by Gasteiger charge is -2.15. The molecule has 82 valence electrons. The van der Waals surface area contributed by atoms with E-state index < -0.39 is 0 Å². The van der Waals surface area contributed by atoms with Crippen LogP contribution in [0.5, 0.6) is 11.5 Å². The van der Waals surface area contributed by atoms with Crippen molar-refractivity contribution in [1.29, 1.82) is 0 Å². The van der Waals surface area contributed by atoms with E-state index in [1.807, 2.05) is 0 Å². The standard InChI is InChI=1S/C10H14N2O3/c1-12(11)10(13)9-7(14-2)5-4-6-8(9)15-3/h4-6H,11H2,1-3H3. The third kappa shape index (κ3) is 2.19. The smallest absolute Gasteiger partial charge is 0.275 e. The van der Waals surface area contributed by atoms with Gasteiger partial charge in [-0.15, -0.1) is 0 Å². The molecular weight excluding hydrogens is 196 g/mol. The van der Waals surface area contributed by atoms with E-state index in [2.05, 4.69) is 0 Å². The first kappa shape index (κ1) is 11.3. The molecule has 0 heterocycles. The first-order valence-corrected chi connectivity index (χ1v) is 4.35. The van der Waals surface area contributed by atoms with Crippen LogP contribution in [0.4, 0.5) is 0 Å². The fraction of sp³-hybridized carbons (Fsp3) is 0.300. The summed E-state index contributed by atoms with van der Waals surface area (Å²) in [5.41, 5.74) is 0.326. The highest BCUT2D eigenvalue weighted by molar-refractivity contribution is 5.99. The molecule has 0 atom stereocenters. The number of methoxy groups -OCH3 is 2. The molecule has 0 aliphatic rings. The zero-order valence-corrected chi connectivity index (χ0v) is 8.98. The molecule has 2 N–H and O–H groups in total. The topological polar surface area (TPSA) is 64.8 Å². The van der Waals surface area contributed by atoms with E-state index in [0.29, 0.717) is 17.1 Å². The first-order chi connectivity index (χ1) is 7.11. The molecule has 1 amide bonds. The Kier molecular flexibility index (Phi) is 3.51. The predicted octanol–water partition coefficient (Wildman–Crippen LogP) is 0.650. The predicted molar refractivity (Wildman–Crippen MR) is 55.8 cm³/mol. The zero-order valence-electron chi connectivity index (χ0n) is 8.98. The van der Waals surface area contributed by atoms with Crippen LogP contribution in [0.15, 0.2) is 18.2 Å². The molecule has 1 aromatic rings. The van der Waals surface area contributed by atoms with Crippen molar-refractivity contribution in [3.8, 4) is 11.5 Å². The van der Waals surface area contributed by atoms with Crippen molar-refractivity contribution in [1.82, 2.24) is 5.01 Å². The average molecular weight is 210 g/mol. The summed E-state index contributed by atoms with van der Waals surface area (Å²) in [6, 6.07) is 5.10. The monoisotopic (exact) mass is 210 g/mol. The number of ether oxygens (including phenoxy) is 2. The minimum absolute atomic E-state index is 0.326. The summed E-state index contributed by atoms with van der Waals surface area (Å²) in [5.74, 6) is 5.91. The van der Waals surface area contributed by atoms with Gasteiger partial charge in [0.05, 0.1) is 14.2 Å². The minimum Gasteiger partial charge on any atom is -0.496 e. The van der Waals surface area contributed by atoms with Crippen LogP contribution < -0.4 is 15.3 Å². The summed E-state index contributed by atoms with van der Waals surface area (Å²) in [7, 11) is 4.44. The lowest BCUT2D eigenvalue weighted by molar-refractivity contribution is 0.0788. The number of hydrogen-bond acceptors (Lipinski definition) is 4. The van der Waals surface area contributed by atoms with Gasteiger partial charge in [0.25, 0.3) is 5.91 Å². The van der Waals surface area contributed by atoms with Gasteiger partial charge in [-0.1, -0.05) is 6.07 Å². The maximum atomic E-state index is 11.7. The van der Waals surface area contributed by atoms with Gasteiger partial charge in [0.2, 0.25) is 0 Å². The van der Waals surface area contributed by atoms with E-state index >= 15 is 0 Å². The number of nitrogens with zero attached hydrogens (tertiary/aromatic N) is 1. The average Bonchev–Trinajstić information content (AvgIpc) is 2.26. The Morgan fingerprint density at radius 3 is 2.07 bits per heavy atom. The SMILES string of the molecule is COc1cccc(OC)c1C(=O)N(C)N. The number of carbonyl (C=O) groups excluding carboxylic acids is 1. The zero-order chi connectivity index (χ0) is 11.4. The molecular formula is C10H14N2O3. The lowest BCUT2D eigenvalue weighted by Crippen LogP contribution is -2.33. The van der Waals surface area contributed by atoms with Crippen molar-refractivity contribution in [3.63, 3.8) is 0 Å². The number of hydrogen-bond donors (Lipinski definition) is 1. The van der Waals surface area contributed by atoms with Gasteiger partial charge in [-0.05, 0) is 12.1 Å². The van der Waals surface area contributed by atoms with Crippen LogP contribution in [-0.4, -0.2) is 32.2 Å². The van der Waals surface area contributed by atoms with Crippen LogP contribution in [0.1, 0.15) is 10.4 Å². The Morgan fingerprint density at radius 2 is 1.73 bits per heavy atom. The van der Waals surface area contributed by atoms with Crippen molar-refractivity contribution in [2.24, 2.45) is 5.84 Å². The Hall–Kier alpha value is -1.75. The Bertz CT molecular complexity index is 341. The van der Waals surface area contributed by atoms with Crippen LogP contribution in [-0.2, 0) is 0 Å². The second-order valence-corrected chi connectivity index (χ2v) is 2.95. The van der Waals surface area contributed by atoms with E-state index in [1.165, 1.54) is 21.3 Å². The maximum absolute atomic E-state index is 11.7. The molecule has 0 aliphatic carbocycles. The highest BCUT2D eigenvalue weighted by atomic mass is 16.5. The quantitative estimate of drug-likeness (QED) is 0.452. The summed E-state index contributed by atoms with van der Waals surface area (Å²) < 4.78 is 10.2. The molecule has 0 radical (unpaired) electrons. The molecule has 5 heteroatoms. The van der Waals surface area contributed by atoms with Crippen molar-refractivity contribution < 1.29 is 14.3 Å². The minimum atomic E-state index is -0.357. The largest absolute Gasteiger partial charge is 0.496 e. The van der Waals surface area contributed by atoms with Crippen LogP contribution >= 0.6 is 0 Å². The van der Waals surface area contributed by atoms with Crippen LogP contribution in [0.3, 0.4) is 0 Å². The van der Waals surface area contributed by atoms with Gasteiger partial charge in [-0.2, -0.15) is 0 Å². The number of benzene rings is 1. The Balaban J connectivity index is 3.28. The van der Waals surface area contributed by atoms with E-state index in [4.69, 9.17) is 15.3 Å². The molecule has 0 spiro atoms. The van der Waals surface area contributed by atoms with Crippen LogP contribution in [0, 0.1) is 0 Å². The first-order valence-electron chi connectivity index (χ1n) is 4.35. The highest BCUT2D eigenvalue weighted by Crippen LogP contribution is 2.28. The molecule has 0 saturated carbocycles. The normalized spacial score (nSPS) is 9.60.